The Morgan fingerprint density at radius 3 is 2.52 bits per heavy atom. The molecule has 0 heterocycles. The first-order chi connectivity index (χ1) is 9.92. The molecule has 0 aromatic heterocycles. The zero-order valence-corrected chi connectivity index (χ0v) is 12.6. The number of ether oxygens (including phenoxy) is 1. The largest absolute Gasteiger partial charge is 0.504 e. The van der Waals surface area contributed by atoms with E-state index in [1.807, 2.05) is 0 Å². The first kappa shape index (κ1) is 17.3. The Bertz CT molecular complexity index is 472. The number of methoxy groups -OCH3 is 1. The maximum absolute atomic E-state index is 10.8. The predicted octanol–water partition coefficient (Wildman–Crippen LogP) is 3.03. The summed E-state index contributed by atoms with van der Waals surface area (Å²) in [5.41, 5.74) is -0.713. The number of phenolic OH excluding ortho intramolecular Hbond substituents is 1. The second-order valence-electron chi connectivity index (χ2n) is 5.27. The second-order valence-corrected chi connectivity index (χ2v) is 5.27. The van der Waals surface area contributed by atoms with E-state index in [0.717, 1.165) is 19.3 Å². The average molecular weight is 296 g/mol. The van der Waals surface area contributed by atoms with E-state index in [4.69, 9.17) is 9.84 Å². The smallest absolute Gasteiger partial charge is 0.303 e. The number of carboxylic acids is 1. The van der Waals surface area contributed by atoms with Crippen molar-refractivity contribution in [1.29, 1.82) is 0 Å². The van der Waals surface area contributed by atoms with Crippen LogP contribution in [-0.2, 0) is 10.4 Å². The number of hydrogen-bond donors (Lipinski definition) is 3. The third kappa shape index (κ3) is 4.93. The van der Waals surface area contributed by atoms with E-state index in [2.05, 4.69) is 6.92 Å². The summed E-state index contributed by atoms with van der Waals surface area (Å²) in [5, 5.41) is 29.5. The van der Waals surface area contributed by atoms with Gasteiger partial charge in [0.1, 0.15) is 0 Å². The Labute approximate surface area is 125 Å². The Hall–Kier alpha value is -1.75. The third-order valence-electron chi connectivity index (χ3n) is 3.66. The summed E-state index contributed by atoms with van der Waals surface area (Å²) in [5.74, 6) is -0.672. The van der Waals surface area contributed by atoms with Crippen LogP contribution >= 0.6 is 0 Å². The van der Waals surface area contributed by atoms with Gasteiger partial charge in [-0.1, -0.05) is 32.3 Å². The van der Waals surface area contributed by atoms with E-state index < -0.39 is 11.6 Å². The fraction of sp³-hybridized carbons (Fsp3) is 0.562. The van der Waals surface area contributed by atoms with E-state index in [-0.39, 0.29) is 18.6 Å². The fourth-order valence-corrected chi connectivity index (χ4v) is 2.37. The Balaban J connectivity index is 2.98. The predicted molar refractivity (Wildman–Crippen MR) is 79.6 cm³/mol. The Morgan fingerprint density at radius 2 is 2.00 bits per heavy atom. The van der Waals surface area contributed by atoms with Crippen molar-refractivity contribution in [2.75, 3.05) is 7.11 Å². The highest BCUT2D eigenvalue weighted by molar-refractivity contribution is 5.66. The molecule has 21 heavy (non-hydrogen) atoms. The van der Waals surface area contributed by atoms with Crippen LogP contribution in [0.4, 0.5) is 0 Å². The molecule has 0 aliphatic heterocycles. The van der Waals surface area contributed by atoms with E-state index in [0.29, 0.717) is 17.7 Å². The highest BCUT2D eigenvalue weighted by Gasteiger charge is 2.30. The number of carboxylic acid groups (broad SMARTS) is 1. The molecule has 118 valence electrons. The zero-order chi connectivity index (χ0) is 15.9. The number of rotatable bonds is 9. The summed E-state index contributed by atoms with van der Waals surface area (Å²) in [7, 11) is 1.45. The van der Waals surface area contributed by atoms with Crippen LogP contribution in [0.2, 0.25) is 0 Å². The third-order valence-corrected chi connectivity index (χ3v) is 3.66. The minimum atomic E-state index is -1.24. The van der Waals surface area contributed by atoms with E-state index >= 15 is 0 Å². The van der Waals surface area contributed by atoms with Gasteiger partial charge in [0.05, 0.1) is 12.7 Å². The molecule has 0 radical (unpaired) electrons. The number of hydrogen-bond acceptors (Lipinski definition) is 4. The van der Waals surface area contributed by atoms with Crippen LogP contribution in [-0.4, -0.2) is 28.4 Å². The molecule has 1 aromatic rings. The van der Waals surface area contributed by atoms with Gasteiger partial charge in [0.15, 0.2) is 11.5 Å². The molecule has 1 aromatic carbocycles. The van der Waals surface area contributed by atoms with Gasteiger partial charge in [0.2, 0.25) is 0 Å². The molecule has 3 N–H and O–H groups in total. The van der Waals surface area contributed by atoms with Gasteiger partial charge in [0, 0.05) is 6.42 Å². The number of carbonyl (C=O) groups is 1. The van der Waals surface area contributed by atoms with Crippen LogP contribution in [0.15, 0.2) is 18.2 Å². The lowest BCUT2D eigenvalue weighted by Gasteiger charge is -2.29. The first-order valence-corrected chi connectivity index (χ1v) is 7.24. The van der Waals surface area contributed by atoms with Gasteiger partial charge >= 0.3 is 5.97 Å². The van der Waals surface area contributed by atoms with Crippen LogP contribution in [0.5, 0.6) is 11.5 Å². The van der Waals surface area contributed by atoms with Gasteiger partial charge in [-0.15, -0.1) is 0 Å². The highest BCUT2D eigenvalue weighted by atomic mass is 16.5. The lowest BCUT2D eigenvalue weighted by Crippen LogP contribution is -2.26. The molecule has 0 saturated carbocycles. The summed E-state index contributed by atoms with van der Waals surface area (Å²) >= 11 is 0. The summed E-state index contributed by atoms with van der Waals surface area (Å²) < 4.78 is 4.98. The normalized spacial score (nSPS) is 13.7. The van der Waals surface area contributed by atoms with E-state index in [9.17, 15) is 15.0 Å². The summed E-state index contributed by atoms with van der Waals surface area (Å²) in [4.78, 5) is 10.8. The molecule has 0 saturated heterocycles. The molecule has 0 fully saturated rings. The molecule has 1 unspecified atom stereocenters. The van der Waals surface area contributed by atoms with Gasteiger partial charge < -0.3 is 20.1 Å². The molecule has 0 aliphatic rings. The van der Waals surface area contributed by atoms with Crippen LogP contribution in [0.1, 0.15) is 51.0 Å². The number of benzene rings is 1. The van der Waals surface area contributed by atoms with Crippen molar-refractivity contribution in [3.8, 4) is 11.5 Å². The number of unbranched alkanes of at least 4 members (excludes halogenated alkanes) is 2. The standard InChI is InChI=1S/C16H24O5/c1-3-4-5-9-16(20,10-8-15(18)19)12-6-7-14(21-2)13(17)11-12/h6-7,11,17,20H,3-5,8-10H2,1-2H3,(H,18,19). The van der Waals surface area contributed by atoms with Gasteiger partial charge in [-0.25, -0.2) is 0 Å². The Morgan fingerprint density at radius 1 is 1.29 bits per heavy atom. The summed E-state index contributed by atoms with van der Waals surface area (Å²) in [6.45, 7) is 2.06. The van der Waals surface area contributed by atoms with Crippen molar-refractivity contribution in [2.45, 2.75) is 51.0 Å². The fourth-order valence-electron chi connectivity index (χ4n) is 2.37. The maximum Gasteiger partial charge on any atom is 0.303 e. The minimum Gasteiger partial charge on any atom is -0.504 e. The molecule has 1 atom stereocenters. The SMILES string of the molecule is CCCCCC(O)(CCC(=O)O)c1ccc(OC)c(O)c1. The molecule has 0 spiro atoms. The minimum absolute atomic E-state index is 0.0563. The van der Waals surface area contributed by atoms with E-state index in [1.54, 1.807) is 12.1 Å². The van der Waals surface area contributed by atoms with Gasteiger partial charge in [-0.3, -0.25) is 4.79 Å². The first-order valence-electron chi connectivity index (χ1n) is 7.24. The van der Waals surface area contributed by atoms with Crippen LogP contribution in [0.3, 0.4) is 0 Å². The van der Waals surface area contributed by atoms with E-state index in [1.165, 1.54) is 13.2 Å². The van der Waals surface area contributed by atoms with Gasteiger partial charge in [-0.2, -0.15) is 0 Å². The van der Waals surface area contributed by atoms with Gasteiger partial charge in [0.25, 0.3) is 0 Å². The molecular weight excluding hydrogens is 272 g/mol. The van der Waals surface area contributed by atoms with Crippen molar-refractivity contribution in [3.05, 3.63) is 23.8 Å². The molecular formula is C16H24O5. The number of aromatic hydroxyl groups is 1. The molecule has 0 bridgehead atoms. The number of aliphatic hydroxyl groups is 1. The van der Waals surface area contributed by atoms with Crippen LogP contribution < -0.4 is 4.74 Å². The zero-order valence-electron chi connectivity index (χ0n) is 12.6. The van der Waals surface area contributed by atoms with Crippen molar-refractivity contribution >= 4 is 5.97 Å². The molecule has 0 amide bonds. The topological polar surface area (TPSA) is 87.0 Å². The van der Waals surface area contributed by atoms with Crippen LogP contribution in [0, 0.1) is 0 Å². The molecule has 0 aliphatic carbocycles. The molecule has 5 nitrogen and oxygen atoms in total. The summed E-state index contributed by atoms with van der Waals surface area (Å²) in [6.07, 6.45) is 3.27. The lowest BCUT2D eigenvalue weighted by atomic mass is 9.84. The van der Waals surface area contributed by atoms with Crippen molar-refractivity contribution in [2.24, 2.45) is 0 Å². The summed E-state index contributed by atoms with van der Waals surface area (Å²) in [6, 6.07) is 4.70. The maximum atomic E-state index is 10.8. The molecule has 1 rings (SSSR count). The second kappa shape index (κ2) is 7.88. The number of aliphatic carboxylic acids is 1. The lowest BCUT2D eigenvalue weighted by molar-refractivity contribution is -0.138. The average Bonchev–Trinajstić information content (AvgIpc) is 2.45. The Kier molecular flexibility index (Phi) is 6.49. The van der Waals surface area contributed by atoms with Crippen LogP contribution in [0.25, 0.3) is 0 Å². The van der Waals surface area contributed by atoms with Crippen molar-refractivity contribution < 1.29 is 24.9 Å². The van der Waals surface area contributed by atoms with Crippen molar-refractivity contribution in [1.82, 2.24) is 0 Å². The number of phenols is 1. The quantitative estimate of drug-likeness (QED) is 0.610. The monoisotopic (exact) mass is 296 g/mol. The van der Waals surface area contributed by atoms with Gasteiger partial charge in [-0.05, 0) is 30.5 Å². The molecule has 5 heteroatoms. The van der Waals surface area contributed by atoms with Crippen molar-refractivity contribution in [3.63, 3.8) is 0 Å². The highest BCUT2D eigenvalue weighted by Crippen LogP contribution is 2.37.